The number of nitrogens with zero attached hydrogens (tertiary/aromatic N) is 2. The average Bonchev–Trinajstić information content (AvgIpc) is 2.90. The van der Waals surface area contributed by atoms with Crippen LogP contribution < -0.4 is 0 Å². The van der Waals surface area contributed by atoms with Crippen molar-refractivity contribution in [1.82, 2.24) is 9.97 Å². The Hall–Kier alpha value is -1.70. The molecular formula is C14H10N2Se. The summed E-state index contributed by atoms with van der Waals surface area (Å²) in [6.45, 7) is 0. The third kappa shape index (κ3) is 2.21. The van der Waals surface area contributed by atoms with Crippen LogP contribution in [0.2, 0.25) is 0 Å². The zero-order chi connectivity index (χ0) is 11.5. The van der Waals surface area contributed by atoms with Crippen LogP contribution in [0.15, 0.2) is 61.2 Å². The summed E-state index contributed by atoms with van der Waals surface area (Å²) in [7, 11) is 0. The molecule has 0 radical (unpaired) electrons. The summed E-state index contributed by atoms with van der Waals surface area (Å²) in [5.74, 6) is 0. The van der Waals surface area contributed by atoms with Crippen LogP contribution in [-0.2, 0) is 0 Å². The van der Waals surface area contributed by atoms with Crippen LogP contribution in [0.1, 0.15) is 0 Å². The fraction of sp³-hybridized carbons (Fsp3) is 0. The molecular weight excluding hydrogens is 275 g/mol. The molecule has 0 aliphatic carbocycles. The van der Waals surface area contributed by atoms with Gasteiger partial charge in [0.15, 0.2) is 0 Å². The summed E-state index contributed by atoms with van der Waals surface area (Å²) >= 11 is 0.353. The molecule has 0 spiro atoms. The fourth-order valence-corrected chi connectivity index (χ4v) is 3.73. The predicted molar refractivity (Wildman–Crippen MR) is 69.8 cm³/mol. The van der Waals surface area contributed by atoms with Crippen LogP contribution in [0, 0.1) is 0 Å². The second kappa shape index (κ2) is 4.66. The third-order valence-electron chi connectivity index (χ3n) is 2.50. The molecule has 3 heterocycles. The van der Waals surface area contributed by atoms with Crippen molar-refractivity contribution >= 4 is 14.5 Å². The van der Waals surface area contributed by atoms with Gasteiger partial charge in [0.05, 0.1) is 0 Å². The Bertz CT molecular complexity index is 548. The van der Waals surface area contributed by atoms with Crippen LogP contribution in [0.5, 0.6) is 0 Å². The topological polar surface area (TPSA) is 25.8 Å². The van der Waals surface area contributed by atoms with E-state index in [9.17, 15) is 0 Å². The molecule has 0 saturated heterocycles. The summed E-state index contributed by atoms with van der Waals surface area (Å²) in [5.41, 5.74) is 2.45. The van der Waals surface area contributed by atoms with Gasteiger partial charge < -0.3 is 0 Å². The van der Waals surface area contributed by atoms with E-state index in [4.69, 9.17) is 0 Å². The summed E-state index contributed by atoms with van der Waals surface area (Å²) in [6.07, 6.45) is 7.46. The Morgan fingerprint density at radius 1 is 0.706 bits per heavy atom. The molecule has 3 rings (SSSR count). The van der Waals surface area contributed by atoms with E-state index in [0.717, 1.165) is 0 Å². The molecule has 0 bridgehead atoms. The number of hydrogen-bond donors (Lipinski definition) is 0. The molecule has 3 heteroatoms. The van der Waals surface area contributed by atoms with Gasteiger partial charge in [0.2, 0.25) is 0 Å². The van der Waals surface area contributed by atoms with Crippen LogP contribution in [0.3, 0.4) is 0 Å². The summed E-state index contributed by atoms with van der Waals surface area (Å²) in [4.78, 5) is 8.32. The van der Waals surface area contributed by atoms with Crippen LogP contribution >= 0.6 is 0 Å². The molecule has 0 N–H and O–H groups in total. The first-order valence-electron chi connectivity index (χ1n) is 5.34. The van der Waals surface area contributed by atoms with E-state index < -0.39 is 0 Å². The molecule has 17 heavy (non-hydrogen) atoms. The van der Waals surface area contributed by atoms with Gasteiger partial charge in [0.25, 0.3) is 0 Å². The first-order valence-corrected chi connectivity index (χ1v) is 7.05. The third-order valence-corrected chi connectivity index (χ3v) is 4.98. The molecule has 3 aromatic rings. The molecule has 0 aliphatic heterocycles. The molecule has 0 atom stereocenters. The summed E-state index contributed by atoms with van der Waals surface area (Å²) in [6, 6.07) is 12.6. The van der Waals surface area contributed by atoms with Crippen LogP contribution in [0.25, 0.3) is 20.0 Å². The first kappa shape index (κ1) is 10.5. The Labute approximate surface area is 106 Å². The van der Waals surface area contributed by atoms with E-state index in [1.54, 1.807) is 0 Å². The quantitative estimate of drug-likeness (QED) is 0.677. The van der Waals surface area contributed by atoms with Gasteiger partial charge in [-0.05, 0) is 0 Å². The summed E-state index contributed by atoms with van der Waals surface area (Å²) < 4.78 is 2.76. The molecule has 0 aliphatic rings. The second-order valence-electron chi connectivity index (χ2n) is 3.65. The molecule has 0 unspecified atom stereocenters. The van der Waals surface area contributed by atoms with Crippen LogP contribution in [-0.4, -0.2) is 24.5 Å². The Kier molecular flexibility index (Phi) is 2.86. The molecule has 3 aromatic heterocycles. The Morgan fingerprint density at radius 2 is 1.24 bits per heavy atom. The monoisotopic (exact) mass is 286 g/mol. The Morgan fingerprint density at radius 3 is 1.65 bits per heavy atom. The standard InChI is InChI=1S/C14H10N2Se/c1-3-11(9-15-7-1)13-5-6-14(17-13)12-4-2-8-16-10-12/h1-10H. The van der Waals surface area contributed by atoms with Crippen molar-refractivity contribution < 1.29 is 0 Å². The van der Waals surface area contributed by atoms with Gasteiger partial charge in [-0.25, -0.2) is 0 Å². The van der Waals surface area contributed by atoms with Crippen molar-refractivity contribution in [3.8, 4) is 20.0 Å². The number of rotatable bonds is 2. The van der Waals surface area contributed by atoms with Crippen molar-refractivity contribution in [2.45, 2.75) is 0 Å². The van der Waals surface area contributed by atoms with Gasteiger partial charge >= 0.3 is 106 Å². The SMILES string of the molecule is c1cncc(-c2ccc(-c3cccnc3)[se]2)c1. The van der Waals surface area contributed by atoms with E-state index in [2.05, 4.69) is 34.2 Å². The van der Waals surface area contributed by atoms with Gasteiger partial charge in [-0.15, -0.1) is 0 Å². The van der Waals surface area contributed by atoms with Crippen molar-refractivity contribution in [1.29, 1.82) is 0 Å². The average molecular weight is 285 g/mol. The molecule has 0 fully saturated rings. The number of aromatic nitrogens is 2. The zero-order valence-electron chi connectivity index (χ0n) is 9.08. The van der Waals surface area contributed by atoms with Gasteiger partial charge in [-0.1, -0.05) is 0 Å². The zero-order valence-corrected chi connectivity index (χ0v) is 10.8. The van der Waals surface area contributed by atoms with E-state index >= 15 is 0 Å². The molecule has 0 aromatic carbocycles. The van der Waals surface area contributed by atoms with E-state index in [1.165, 1.54) is 20.0 Å². The summed E-state index contributed by atoms with van der Waals surface area (Å²) in [5, 5.41) is 0. The molecule has 2 nitrogen and oxygen atoms in total. The maximum atomic E-state index is 4.16. The van der Waals surface area contributed by atoms with Crippen LogP contribution in [0.4, 0.5) is 0 Å². The van der Waals surface area contributed by atoms with Crippen molar-refractivity contribution in [3.63, 3.8) is 0 Å². The maximum absolute atomic E-state index is 4.16. The Balaban J connectivity index is 1.99. The number of hydrogen-bond acceptors (Lipinski definition) is 2. The predicted octanol–water partition coefficient (Wildman–Crippen LogP) is 2.87. The normalized spacial score (nSPS) is 10.4. The first-order chi connectivity index (χ1) is 8.43. The van der Waals surface area contributed by atoms with Crippen molar-refractivity contribution in [2.24, 2.45) is 0 Å². The van der Waals surface area contributed by atoms with E-state index in [-0.39, 0.29) is 0 Å². The minimum absolute atomic E-state index is 0.353. The molecule has 0 amide bonds. The fourth-order valence-electron chi connectivity index (χ4n) is 1.67. The van der Waals surface area contributed by atoms with Gasteiger partial charge in [0.1, 0.15) is 0 Å². The molecule has 0 saturated carbocycles. The van der Waals surface area contributed by atoms with Gasteiger partial charge in [-0.3, -0.25) is 0 Å². The van der Waals surface area contributed by atoms with Gasteiger partial charge in [0, 0.05) is 0 Å². The van der Waals surface area contributed by atoms with E-state index in [0.29, 0.717) is 14.5 Å². The minimum atomic E-state index is 0.353. The second-order valence-corrected chi connectivity index (χ2v) is 5.92. The van der Waals surface area contributed by atoms with E-state index in [1.807, 2.05) is 36.9 Å². The number of pyridine rings is 2. The molecule has 82 valence electrons. The van der Waals surface area contributed by atoms with Crippen molar-refractivity contribution in [2.75, 3.05) is 0 Å². The van der Waals surface area contributed by atoms with Gasteiger partial charge in [-0.2, -0.15) is 0 Å². The van der Waals surface area contributed by atoms with Crippen molar-refractivity contribution in [3.05, 3.63) is 61.2 Å².